The number of pyridine rings is 2. The smallest absolute Gasteiger partial charge is 0.325 e. The zero-order valence-electron chi connectivity index (χ0n) is 20.8. The van der Waals surface area contributed by atoms with Crippen molar-refractivity contribution < 1.29 is 19.7 Å². The molecule has 0 bridgehead atoms. The summed E-state index contributed by atoms with van der Waals surface area (Å²) in [6, 6.07) is 6.35. The van der Waals surface area contributed by atoms with E-state index < -0.39 is 17.9 Å². The Kier molecular flexibility index (Phi) is 7.76. The number of carbonyl (C=O) groups is 1. The van der Waals surface area contributed by atoms with E-state index in [1.165, 1.54) is 11.1 Å². The predicted molar refractivity (Wildman–Crippen MR) is 134 cm³/mol. The minimum atomic E-state index is -0.886. The second kappa shape index (κ2) is 10.4. The van der Waals surface area contributed by atoms with Crippen LogP contribution in [0.3, 0.4) is 0 Å². The third-order valence-corrected chi connectivity index (χ3v) is 5.73. The van der Waals surface area contributed by atoms with Gasteiger partial charge < -0.3 is 25.7 Å². The highest BCUT2D eigenvalue weighted by Crippen LogP contribution is 2.34. The summed E-state index contributed by atoms with van der Waals surface area (Å²) in [5.41, 5.74) is 0.392. The second-order valence-electron chi connectivity index (χ2n) is 9.93. The molecule has 3 heterocycles. The minimum Gasteiger partial charge on any atom is -0.455 e. The molecule has 0 aliphatic carbocycles. The summed E-state index contributed by atoms with van der Waals surface area (Å²) in [6.45, 7) is 9.80. The van der Waals surface area contributed by atoms with Crippen LogP contribution < -0.4 is 15.4 Å². The molecule has 10 heteroatoms. The molecule has 0 saturated carbocycles. The van der Waals surface area contributed by atoms with Crippen molar-refractivity contribution in [1.82, 2.24) is 20.2 Å². The molecule has 3 rings (SSSR count). The third-order valence-electron chi connectivity index (χ3n) is 5.73. The van der Waals surface area contributed by atoms with Crippen LogP contribution in [-0.2, 0) is 0 Å². The maximum absolute atomic E-state index is 12.6. The topological polar surface area (TPSA) is 144 Å². The fraction of sp³-hybridized carbons (Fsp3) is 0.440. The van der Waals surface area contributed by atoms with Crippen LogP contribution in [-0.4, -0.2) is 62.2 Å². The summed E-state index contributed by atoms with van der Waals surface area (Å²) >= 11 is 0. The Morgan fingerprint density at radius 2 is 2.11 bits per heavy atom. The molecule has 2 amide bonds. The van der Waals surface area contributed by atoms with Gasteiger partial charge in [-0.3, -0.25) is 15.2 Å². The summed E-state index contributed by atoms with van der Waals surface area (Å²) in [4.78, 5) is 22.7. The van der Waals surface area contributed by atoms with E-state index in [-0.39, 0.29) is 5.41 Å². The molecule has 35 heavy (non-hydrogen) atoms. The highest BCUT2D eigenvalue weighted by atomic mass is 16.5. The van der Waals surface area contributed by atoms with Crippen LogP contribution in [0.4, 0.5) is 10.6 Å². The molecule has 5 N–H and O–H groups in total. The molecule has 0 radical (unpaired) electrons. The van der Waals surface area contributed by atoms with Gasteiger partial charge in [0, 0.05) is 48.8 Å². The SMILES string of the molecule is Cc1nc(NC(=O)N2CCC(C)(C)C2O)ccc1Oc1ccnc(/C(C=N)=C/NCC(C)(C)O)c1. The summed E-state index contributed by atoms with van der Waals surface area (Å²) < 4.78 is 5.98. The van der Waals surface area contributed by atoms with Crippen molar-refractivity contribution in [3.63, 3.8) is 0 Å². The number of carbonyl (C=O) groups excluding carboxylic acids is 1. The van der Waals surface area contributed by atoms with Gasteiger partial charge in [0.2, 0.25) is 0 Å². The van der Waals surface area contributed by atoms with Crippen molar-refractivity contribution in [3.05, 3.63) is 48.1 Å². The minimum absolute atomic E-state index is 0.322. The van der Waals surface area contributed by atoms with Gasteiger partial charge in [-0.25, -0.2) is 9.78 Å². The average molecular weight is 483 g/mol. The van der Waals surface area contributed by atoms with E-state index in [1.54, 1.807) is 57.4 Å². The van der Waals surface area contributed by atoms with Crippen LogP contribution in [0.15, 0.2) is 36.7 Å². The average Bonchev–Trinajstić information content (AvgIpc) is 3.05. The Morgan fingerprint density at radius 3 is 2.71 bits per heavy atom. The number of urea groups is 1. The van der Waals surface area contributed by atoms with E-state index in [0.717, 1.165) is 6.42 Å². The molecule has 2 aromatic rings. The van der Waals surface area contributed by atoms with Crippen molar-refractivity contribution in [2.45, 2.75) is 52.9 Å². The first-order valence-corrected chi connectivity index (χ1v) is 11.4. The molecule has 1 fully saturated rings. The molecule has 1 atom stereocenters. The van der Waals surface area contributed by atoms with Gasteiger partial charge in [0.15, 0.2) is 0 Å². The highest BCUT2D eigenvalue weighted by Gasteiger charge is 2.41. The molecule has 188 valence electrons. The fourth-order valence-electron chi connectivity index (χ4n) is 3.56. The number of allylic oxidation sites excluding steroid dienone is 1. The van der Waals surface area contributed by atoms with Crippen molar-refractivity contribution in [2.75, 3.05) is 18.4 Å². The van der Waals surface area contributed by atoms with Crippen LogP contribution in [0.1, 0.15) is 45.5 Å². The van der Waals surface area contributed by atoms with Gasteiger partial charge in [0.05, 0.1) is 17.0 Å². The zero-order chi connectivity index (χ0) is 25.8. The number of aryl methyl sites for hydroxylation is 1. The van der Waals surface area contributed by atoms with Gasteiger partial charge in [-0.2, -0.15) is 0 Å². The van der Waals surface area contributed by atoms with Gasteiger partial charge in [0.25, 0.3) is 0 Å². The number of nitrogens with zero attached hydrogens (tertiary/aromatic N) is 3. The van der Waals surface area contributed by atoms with Crippen molar-refractivity contribution in [3.8, 4) is 11.5 Å². The lowest BCUT2D eigenvalue weighted by Crippen LogP contribution is -2.42. The Hall–Kier alpha value is -3.50. The van der Waals surface area contributed by atoms with Crippen molar-refractivity contribution >= 4 is 23.6 Å². The molecule has 1 aliphatic heterocycles. The maximum Gasteiger partial charge on any atom is 0.325 e. The molecule has 10 nitrogen and oxygen atoms in total. The Balaban J connectivity index is 1.68. The quantitative estimate of drug-likeness (QED) is 0.362. The first-order chi connectivity index (χ1) is 16.4. The molecule has 0 aromatic carbocycles. The largest absolute Gasteiger partial charge is 0.455 e. The Morgan fingerprint density at radius 1 is 1.37 bits per heavy atom. The maximum atomic E-state index is 12.6. The number of hydrogen-bond acceptors (Lipinski definition) is 8. The number of likely N-dealkylation sites (tertiary alicyclic amines) is 1. The van der Waals surface area contributed by atoms with E-state index in [1.807, 2.05) is 13.8 Å². The number of hydrogen-bond donors (Lipinski definition) is 5. The van der Waals surface area contributed by atoms with Gasteiger partial charge in [0.1, 0.15) is 23.5 Å². The predicted octanol–water partition coefficient (Wildman–Crippen LogP) is 3.51. The molecule has 1 aliphatic rings. The fourth-order valence-corrected chi connectivity index (χ4v) is 3.56. The van der Waals surface area contributed by atoms with Crippen LogP contribution >= 0.6 is 0 Å². The number of nitrogens with one attached hydrogen (secondary N) is 3. The van der Waals surface area contributed by atoms with Crippen LogP contribution in [0.2, 0.25) is 0 Å². The lowest BCUT2D eigenvalue weighted by atomic mass is 9.91. The summed E-state index contributed by atoms with van der Waals surface area (Å²) in [6.07, 6.45) is 4.25. The monoisotopic (exact) mass is 482 g/mol. The Labute approximate surface area is 205 Å². The molecular weight excluding hydrogens is 448 g/mol. The number of rotatable bonds is 8. The standard InChI is InChI=1S/C25H34N6O4/c1-16-20(6-7-21(29-16)30-23(33)31-11-9-24(2,3)22(31)32)35-18-8-10-28-19(12-18)17(13-26)14-27-15-25(4,5)34/h6-8,10,12-14,22,26-27,32,34H,9,11,15H2,1-5H3,(H,29,30,33)/b17-14+,26-13?. The first kappa shape index (κ1) is 26.1. The van der Waals surface area contributed by atoms with E-state index in [0.29, 0.717) is 47.4 Å². The first-order valence-electron chi connectivity index (χ1n) is 11.4. The van der Waals surface area contributed by atoms with Crippen molar-refractivity contribution in [2.24, 2.45) is 5.41 Å². The summed E-state index contributed by atoms with van der Waals surface area (Å²) in [5, 5.41) is 33.6. The number of anilines is 1. The number of amides is 2. The van der Waals surface area contributed by atoms with Gasteiger partial charge >= 0.3 is 6.03 Å². The number of aliphatic hydroxyl groups excluding tert-OH is 1. The number of ether oxygens (including phenoxy) is 1. The Bertz CT molecular complexity index is 1110. The lowest BCUT2D eigenvalue weighted by molar-refractivity contribution is -0.00118. The van der Waals surface area contributed by atoms with E-state index >= 15 is 0 Å². The third kappa shape index (κ3) is 6.77. The molecular formula is C25H34N6O4. The van der Waals surface area contributed by atoms with Crippen LogP contribution in [0.5, 0.6) is 11.5 Å². The van der Waals surface area contributed by atoms with Crippen LogP contribution in [0, 0.1) is 17.7 Å². The number of aromatic nitrogens is 2. The van der Waals surface area contributed by atoms with E-state index in [2.05, 4.69) is 20.6 Å². The van der Waals surface area contributed by atoms with Crippen molar-refractivity contribution in [1.29, 1.82) is 5.41 Å². The summed E-state index contributed by atoms with van der Waals surface area (Å²) in [7, 11) is 0. The van der Waals surface area contributed by atoms with Gasteiger partial charge in [-0.1, -0.05) is 13.8 Å². The van der Waals surface area contributed by atoms with Crippen LogP contribution in [0.25, 0.3) is 5.57 Å². The molecule has 1 saturated heterocycles. The second-order valence-corrected chi connectivity index (χ2v) is 9.93. The number of aliphatic hydroxyl groups is 2. The zero-order valence-corrected chi connectivity index (χ0v) is 20.8. The molecule has 2 aromatic heterocycles. The van der Waals surface area contributed by atoms with E-state index in [9.17, 15) is 15.0 Å². The summed E-state index contributed by atoms with van der Waals surface area (Å²) in [5.74, 6) is 1.37. The molecule has 1 unspecified atom stereocenters. The van der Waals surface area contributed by atoms with E-state index in [4.69, 9.17) is 10.1 Å². The lowest BCUT2D eigenvalue weighted by Gasteiger charge is -2.27. The van der Waals surface area contributed by atoms with Gasteiger partial charge in [-0.15, -0.1) is 0 Å². The van der Waals surface area contributed by atoms with Gasteiger partial charge in [-0.05, 0) is 45.4 Å². The normalized spacial score (nSPS) is 17.7. The highest BCUT2D eigenvalue weighted by molar-refractivity contribution is 6.07. The molecule has 0 spiro atoms.